The predicted octanol–water partition coefficient (Wildman–Crippen LogP) is 1.77. The first-order chi connectivity index (χ1) is 7.72. The van der Waals surface area contributed by atoms with E-state index in [-0.39, 0.29) is 24.8 Å². The highest BCUT2D eigenvalue weighted by molar-refractivity contribution is 6.33. The molecule has 2 rings (SSSR count). The molecule has 0 atom stereocenters. The average Bonchev–Trinajstić information content (AvgIpc) is 2.32. The molecule has 0 amide bonds. The molecule has 1 saturated heterocycles. The van der Waals surface area contributed by atoms with Crippen LogP contribution in [0.25, 0.3) is 0 Å². The number of nitrogens with zero attached hydrogens (tertiary/aromatic N) is 1. The number of hydrogen-bond acceptors (Lipinski definition) is 3. The summed E-state index contributed by atoms with van der Waals surface area (Å²) >= 11 is 6.13. The van der Waals surface area contributed by atoms with Crippen LogP contribution in [-0.4, -0.2) is 26.2 Å². The van der Waals surface area contributed by atoms with Gasteiger partial charge in [0.2, 0.25) is 0 Å². The van der Waals surface area contributed by atoms with Gasteiger partial charge in [0.1, 0.15) is 5.82 Å². The zero-order valence-electron chi connectivity index (χ0n) is 9.38. The molecule has 0 unspecified atom stereocenters. The first kappa shape index (κ1) is 14.5. The van der Waals surface area contributed by atoms with Crippen molar-refractivity contribution in [2.45, 2.75) is 6.54 Å². The standard InChI is InChI=1S/C11H15ClFN3.ClH/c12-9-5-8(7-14)10(13)6-11(9)16-3-1-15-2-4-16;/h5-6,15H,1-4,7,14H2;1H. The summed E-state index contributed by atoms with van der Waals surface area (Å²) in [4.78, 5) is 2.09. The second-order valence-electron chi connectivity index (χ2n) is 3.84. The molecule has 1 aliphatic heterocycles. The lowest BCUT2D eigenvalue weighted by Crippen LogP contribution is -2.43. The van der Waals surface area contributed by atoms with Crippen LogP contribution in [0.15, 0.2) is 12.1 Å². The fraction of sp³-hybridized carbons (Fsp3) is 0.455. The Morgan fingerprint density at radius 2 is 2.00 bits per heavy atom. The number of halogens is 3. The van der Waals surface area contributed by atoms with Gasteiger partial charge in [-0.15, -0.1) is 12.4 Å². The fourth-order valence-corrected chi connectivity index (χ4v) is 2.19. The lowest BCUT2D eigenvalue weighted by atomic mass is 10.1. The third kappa shape index (κ3) is 3.22. The van der Waals surface area contributed by atoms with Crippen molar-refractivity contribution in [1.82, 2.24) is 5.32 Å². The zero-order chi connectivity index (χ0) is 11.5. The van der Waals surface area contributed by atoms with Gasteiger partial charge in [0.25, 0.3) is 0 Å². The number of nitrogens with two attached hydrogens (primary N) is 1. The van der Waals surface area contributed by atoms with Gasteiger partial charge in [-0.3, -0.25) is 0 Å². The molecule has 0 aliphatic carbocycles. The summed E-state index contributed by atoms with van der Waals surface area (Å²) < 4.78 is 13.6. The number of hydrogen-bond donors (Lipinski definition) is 2. The molecule has 0 aromatic heterocycles. The van der Waals surface area contributed by atoms with Crippen molar-refractivity contribution in [2.24, 2.45) is 5.73 Å². The maximum Gasteiger partial charge on any atom is 0.129 e. The van der Waals surface area contributed by atoms with Crippen molar-refractivity contribution < 1.29 is 4.39 Å². The Morgan fingerprint density at radius 3 is 2.59 bits per heavy atom. The minimum Gasteiger partial charge on any atom is -0.368 e. The van der Waals surface area contributed by atoms with Crippen LogP contribution < -0.4 is 16.0 Å². The molecule has 3 N–H and O–H groups in total. The topological polar surface area (TPSA) is 41.3 Å². The Hall–Kier alpha value is -0.550. The molecule has 1 aromatic carbocycles. The summed E-state index contributed by atoms with van der Waals surface area (Å²) in [7, 11) is 0. The number of anilines is 1. The first-order valence-electron chi connectivity index (χ1n) is 5.36. The van der Waals surface area contributed by atoms with E-state index in [0.29, 0.717) is 10.6 Å². The van der Waals surface area contributed by atoms with Gasteiger partial charge < -0.3 is 16.0 Å². The molecule has 1 fully saturated rings. The zero-order valence-corrected chi connectivity index (χ0v) is 11.0. The maximum absolute atomic E-state index is 13.6. The lowest BCUT2D eigenvalue weighted by Gasteiger charge is -2.30. The highest BCUT2D eigenvalue weighted by atomic mass is 35.5. The minimum absolute atomic E-state index is 0. The molecule has 0 spiro atoms. The molecule has 3 nitrogen and oxygen atoms in total. The van der Waals surface area contributed by atoms with E-state index in [4.69, 9.17) is 17.3 Å². The van der Waals surface area contributed by atoms with Crippen LogP contribution in [0.3, 0.4) is 0 Å². The quantitative estimate of drug-likeness (QED) is 0.867. The monoisotopic (exact) mass is 279 g/mol. The predicted molar refractivity (Wildman–Crippen MR) is 71.6 cm³/mol. The van der Waals surface area contributed by atoms with Gasteiger partial charge in [0.15, 0.2) is 0 Å². The van der Waals surface area contributed by atoms with Crippen LogP contribution in [0.5, 0.6) is 0 Å². The molecule has 0 bridgehead atoms. The van der Waals surface area contributed by atoms with Gasteiger partial charge in [0, 0.05) is 38.3 Å². The molecule has 17 heavy (non-hydrogen) atoms. The Balaban J connectivity index is 0.00000144. The summed E-state index contributed by atoms with van der Waals surface area (Å²) in [5.74, 6) is -0.277. The van der Waals surface area contributed by atoms with Crippen molar-refractivity contribution in [3.63, 3.8) is 0 Å². The largest absolute Gasteiger partial charge is 0.368 e. The third-order valence-corrected chi connectivity index (χ3v) is 3.10. The van der Waals surface area contributed by atoms with Crippen molar-refractivity contribution in [3.05, 3.63) is 28.5 Å². The molecular formula is C11H16Cl2FN3. The van der Waals surface area contributed by atoms with E-state index in [0.717, 1.165) is 31.9 Å². The molecule has 96 valence electrons. The molecule has 6 heteroatoms. The Kier molecular flexibility index (Phi) is 5.46. The van der Waals surface area contributed by atoms with E-state index in [1.807, 2.05) is 0 Å². The molecular weight excluding hydrogens is 264 g/mol. The van der Waals surface area contributed by atoms with Gasteiger partial charge >= 0.3 is 0 Å². The Morgan fingerprint density at radius 1 is 1.35 bits per heavy atom. The molecule has 0 radical (unpaired) electrons. The van der Waals surface area contributed by atoms with Gasteiger partial charge in [-0.2, -0.15) is 0 Å². The summed E-state index contributed by atoms with van der Waals surface area (Å²) in [6.07, 6.45) is 0. The molecule has 0 saturated carbocycles. The lowest BCUT2D eigenvalue weighted by molar-refractivity contribution is 0.582. The van der Waals surface area contributed by atoms with Gasteiger partial charge in [-0.25, -0.2) is 4.39 Å². The third-order valence-electron chi connectivity index (χ3n) is 2.79. The van der Waals surface area contributed by atoms with E-state index in [2.05, 4.69) is 10.2 Å². The second kappa shape index (κ2) is 6.40. The van der Waals surface area contributed by atoms with Crippen LogP contribution in [0.4, 0.5) is 10.1 Å². The van der Waals surface area contributed by atoms with Crippen LogP contribution in [0.2, 0.25) is 5.02 Å². The van der Waals surface area contributed by atoms with Crippen molar-refractivity contribution in [2.75, 3.05) is 31.1 Å². The molecule has 1 aromatic rings. The Bertz CT molecular complexity index is 381. The highest BCUT2D eigenvalue weighted by Gasteiger charge is 2.15. The average molecular weight is 280 g/mol. The number of piperazine rings is 1. The highest BCUT2D eigenvalue weighted by Crippen LogP contribution is 2.29. The molecule has 1 heterocycles. The summed E-state index contributed by atoms with van der Waals surface area (Å²) in [5.41, 5.74) is 6.65. The smallest absolute Gasteiger partial charge is 0.129 e. The van der Waals surface area contributed by atoms with Gasteiger partial charge in [0.05, 0.1) is 10.7 Å². The summed E-state index contributed by atoms with van der Waals surface area (Å²) in [5, 5.41) is 3.82. The van der Waals surface area contributed by atoms with Crippen molar-refractivity contribution >= 4 is 29.7 Å². The minimum atomic E-state index is -0.277. The first-order valence-corrected chi connectivity index (χ1v) is 5.74. The van der Waals surface area contributed by atoms with Gasteiger partial charge in [-0.1, -0.05) is 11.6 Å². The maximum atomic E-state index is 13.6. The van der Waals surface area contributed by atoms with E-state index in [1.165, 1.54) is 6.07 Å². The van der Waals surface area contributed by atoms with Crippen LogP contribution in [-0.2, 0) is 6.54 Å². The number of benzene rings is 1. The normalized spacial score (nSPS) is 15.6. The number of rotatable bonds is 2. The fourth-order valence-electron chi connectivity index (χ4n) is 1.88. The van der Waals surface area contributed by atoms with Gasteiger partial charge in [-0.05, 0) is 12.1 Å². The van der Waals surface area contributed by atoms with E-state index >= 15 is 0 Å². The summed E-state index contributed by atoms with van der Waals surface area (Å²) in [6.45, 7) is 3.67. The summed E-state index contributed by atoms with van der Waals surface area (Å²) in [6, 6.07) is 3.10. The van der Waals surface area contributed by atoms with E-state index in [9.17, 15) is 4.39 Å². The number of nitrogens with one attached hydrogen (secondary N) is 1. The van der Waals surface area contributed by atoms with Crippen molar-refractivity contribution in [3.8, 4) is 0 Å². The van der Waals surface area contributed by atoms with Crippen LogP contribution in [0, 0.1) is 5.82 Å². The van der Waals surface area contributed by atoms with E-state index in [1.54, 1.807) is 6.07 Å². The van der Waals surface area contributed by atoms with E-state index < -0.39 is 0 Å². The molecule has 1 aliphatic rings. The van der Waals surface area contributed by atoms with Crippen LogP contribution in [0.1, 0.15) is 5.56 Å². The SMILES string of the molecule is Cl.NCc1cc(Cl)c(N2CCNCC2)cc1F. The van der Waals surface area contributed by atoms with Crippen LogP contribution >= 0.6 is 24.0 Å². The van der Waals surface area contributed by atoms with Crippen molar-refractivity contribution in [1.29, 1.82) is 0 Å². The Labute approximate surface area is 112 Å². The second-order valence-corrected chi connectivity index (χ2v) is 4.24.